The van der Waals surface area contributed by atoms with E-state index in [1.165, 1.54) is 35.0 Å². The molecule has 1 aromatic carbocycles. The number of carbonyl (C=O) groups excluding carboxylic acids is 1. The normalized spacial score (nSPS) is 18.9. The number of halogens is 4. The zero-order chi connectivity index (χ0) is 22.2. The summed E-state index contributed by atoms with van der Waals surface area (Å²) in [5.74, 6) is -1.50. The lowest BCUT2D eigenvalue weighted by atomic mass is 10.1. The Morgan fingerprint density at radius 3 is 2.43 bits per heavy atom. The largest absolute Gasteiger partial charge is 0.390 e. The second kappa shape index (κ2) is 7.82. The van der Waals surface area contributed by atoms with Crippen LogP contribution in [0.2, 0.25) is 0 Å². The lowest BCUT2D eigenvalue weighted by Gasteiger charge is -2.30. The maximum Gasteiger partial charge on any atom is 0.390 e. The van der Waals surface area contributed by atoms with Crippen LogP contribution in [0.4, 0.5) is 23.4 Å². The Balaban J connectivity index is 1.81. The second-order valence-corrected chi connectivity index (χ2v) is 6.62. The van der Waals surface area contributed by atoms with Gasteiger partial charge in [-0.15, -0.1) is 0 Å². The van der Waals surface area contributed by atoms with Crippen LogP contribution in [-0.2, 0) is 6.54 Å². The molecule has 1 aliphatic heterocycles. The molecular weight excluding hydrogens is 414 g/mol. The van der Waals surface area contributed by atoms with E-state index in [2.05, 4.69) is 10.2 Å². The van der Waals surface area contributed by atoms with Crippen molar-refractivity contribution < 1.29 is 32.4 Å². The molecule has 0 fully saturated rings. The average Bonchev–Trinajstić information content (AvgIpc) is 3.23. The molecule has 1 atom stereocenters. The van der Waals surface area contributed by atoms with Crippen LogP contribution in [0.1, 0.15) is 28.0 Å². The van der Waals surface area contributed by atoms with Gasteiger partial charge in [0.2, 0.25) is 5.72 Å². The molecule has 30 heavy (non-hydrogen) atoms. The van der Waals surface area contributed by atoms with Gasteiger partial charge in [-0.25, -0.2) is 17.6 Å². The Morgan fingerprint density at radius 1 is 1.30 bits per heavy atom. The first-order valence-corrected chi connectivity index (χ1v) is 8.51. The van der Waals surface area contributed by atoms with Gasteiger partial charge in [-0.05, 0) is 29.5 Å². The molecule has 1 aliphatic rings. The van der Waals surface area contributed by atoms with Crippen molar-refractivity contribution in [2.75, 3.05) is 0 Å². The Morgan fingerprint density at radius 2 is 1.93 bits per heavy atom. The zero-order valence-corrected chi connectivity index (χ0v) is 15.4. The Labute approximate surface area is 166 Å². The molecule has 2 heterocycles. The topological polar surface area (TPSA) is 114 Å². The highest BCUT2D eigenvalue weighted by Gasteiger charge is 2.53. The Bertz CT molecular complexity index is 1010. The van der Waals surface area contributed by atoms with Crippen molar-refractivity contribution in [3.63, 3.8) is 0 Å². The van der Waals surface area contributed by atoms with E-state index in [9.17, 15) is 37.6 Å². The van der Waals surface area contributed by atoms with Gasteiger partial charge in [0.05, 0.1) is 23.4 Å². The zero-order valence-electron chi connectivity index (χ0n) is 15.4. The van der Waals surface area contributed by atoms with E-state index in [-0.39, 0.29) is 22.9 Å². The van der Waals surface area contributed by atoms with Gasteiger partial charge in [0, 0.05) is 12.0 Å². The van der Waals surface area contributed by atoms with Crippen molar-refractivity contribution >= 4 is 17.4 Å². The van der Waals surface area contributed by atoms with Crippen LogP contribution in [0, 0.1) is 17.0 Å². The summed E-state index contributed by atoms with van der Waals surface area (Å²) in [4.78, 5) is 22.7. The number of nitro groups is 1. The highest BCUT2D eigenvalue weighted by molar-refractivity contribution is 5.99. The summed E-state index contributed by atoms with van der Waals surface area (Å²) < 4.78 is 53.6. The monoisotopic (exact) mass is 429 g/mol. The number of rotatable bonds is 6. The van der Waals surface area contributed by atoms with E-state index >= 15 is 0 Å². The molecule has 9 nitrogen and oxygen atoms in total. The summed E-state index contributed by atoms with van der Waals surface area (Å²) >= 11 is 0. The molecule has 2 aromatic rings. The van der Waals surface area contributed by atoms with E-state index in [4.69, 9.17) is 0 Å². The number of alkyl halides is 4. The summed E-state index contributed by atoms with van der Waals surface area (Å²) in [5.41, 5.74) is -3.24. The molecule has 0 saturated carbocycles. The van der Waals surface area contributed by atoms with E-state index < -0.39 is 41.5 Å². The molecule has 3 rings (SSSR count). The molecule has 0 bridgehead atoms. The molecule has 13 heteroatoms. The van der Waals surface area contributed by atoms with Crippen LogP contribution in [0.3, 0.4) is 0 Å². The minimum atomic E-state index is -3.51. The molecule has 0 aliphatic carbocycles. The fraction of sp³-hybridized carbons (Fsp3) is 0.353. The molecule has 1 amide bonds. The van der Waals surface area contributed by atoms with Crippen LogP contribution in [-0.4, -0.2) is 55.0 Å². The number of hydrazone groups is 1. The predicted molar refractivity (Wildman–Crippen MR) is 94.3 cm³/mol. The van der Waals surface area contributed by atoms with Crippen LogP contribution < -0.4 is 0 Å². The Hall–Kier alpha value is -3.35. The molecule has 0 unspecified atom stereocenters. The molecule has 1 aromatic heterocycles. The maximum absolute atomic E-state index is 13.3. The third-order valence-corrected chi connectivity index (χ3v) is 4.52. The number of carbonyl (C=O) groups is 1. The van der Waals surface area contributed by atoms with Gasteiger partial charge in [-0.1, -0.05) is 12.1 Å². The van der Waals surface area contributed by atoms with Gasteiger partial charge >= 0.3 is 5.82 Å². The number of hydrogen-bond donors (Lipinski definition) is 1. The van der Waals surface area contributed by atoms with Crippen LogP contribution in [0.5, 0.6) is 0 Å². The average molecular weight is 429 g/mol. The minimum absolute atomic E-state index is 0.0187. The van der Waals surface area contributed by atoms with Gasteiger partial charge in [-0.2, -0.15) is 14.8 Å². The van der Waals surface area contributed by atoms with Crippen molar-refractivity contribution in [3.8, 4) is 0 Å². The quantitative estimate of drug-likeness (QED) is 0.431. The lowest BCUT2D eigenvalue weighted by molar-refractivity contribution is -0.389. The third kappa shape index (κ3) is 3.87. The SMILES string of the molecule is Cc1cc([N+](=O)[O-])nn1Cc1ccc(C(=O)N2N=C(C(F)F)C[C@]2(O)C(F)F)cc1. The van der Waals surface area contributed by atoms with Crippen molar-refractivity contribution in [1.29, 1.82) is 0 Å². The number of amides is 1. The standard InChI is InChI=1S/C17H15F4N5O4/c1-9-6-13(26(29)30)23-24(9)8-10-2-4-11(5-3-10)15(27)25-17(28,16(20)21)7-12(22-25)14(18)19/h2-6,14,16,28H,7-8H2,1H3/t17-/m0/s1. The van der Waals surface area contributed by atoms with E-state index in [1.54, 1.807) is 6.92 Å². The molecule has 160 valence electrons. The first kappa shape index (κ1) is 21.4. The highest BCUT2D eigenvalue weighted by atomic mass is 19.3. The third-order valence-electron chi connectivity index (χ3n) is 4.52. The fourth-order valence-corrected chi connectivity index (χ4v) is 2.89. The summed E-state index contributed by atoms with van der Waals surface area (Å²) in [6.45, 7) is 1.75. The van der Waals surface area contributed by atoms with E-state index in [0.29, 0.717) is 11.3 Å². The summed E-state index contributed by atoms with van der Waals surface area (Å²) in [6, 6.07) is 6.65. The Kier molecular flexibility index (Phi) is 5.57. The predicted octanol–water partition coefficient (Wildman–Crippen LogP) is 2.57. The lowest BCUT2D eigenvalue weighted by Crippen LogP contribution is -2.51. The first-order chi connectivity index (χ1) is 14.0. The number of aromatic nitrogens is 2. The summed E-state index contributed by atoms with van der Waals surface area (Å²) in [6.07, 6.45) is -7.88. The van der Waals surface area contributed by atoms with Gasteiger partial charge in [0.15, 0.2) is 0 Å². The highest BCUT2D eigenvalue weighted by Crippen LogP contribution is 2.34. The molecule has 1 N–H and O–H groups in total. The van der Waals surface area contributed by atoms with Crippen LogP contribution >= 0.6 is 0 Å². The van der Waals surface area contributed by atoms with Crippen LogP contribution in [0.25, 0.3) is 0 Å². The maximum atomic E-state index is 13.3. The van der Waals surface area contributed by atoms with Crippen molar-refractivity contribution in [2.45, 2.75) is 38.5 Å². The summed E-state index contributed by atoms with van der Waals surface area (Å²) in [7, 11) is 0. The second-order valence-electron chi connectivity index (χ2n) is 6.62. The molecule has 0 radical (unpaired) electrons. The number of benzene rings is 1. The van der Waals surface area contributed by atoms with Crippen molar-refractivity contribution in [1.82, 2.24) is 14.8 Å². The van der Waals surface area contributed by atoms with Crippen molar-refractivity contribution in [3.05, 3.63) is 57.3 Å². The fourth-order valence-electron chi connectivity index (χ4n) is 2.89. The molecular formula is C17H15F4N5O4. The first-order valence-electron chi connectivity index (χ1n) is 8.51. The number of hydrogen-bond acceptors (Lipinski definition) is 6. The van der Waals surface area contributed by atoms with E-state index in [0.717, 1.165) is 0 Å². The van der Waals surface area contributed by atoms with Crippen molar-refractivity contribution in [2.24, 2.45) is 5.10 Å². The van der Waals surface area contributed by atoms with E-state index in [1.807, 2.05) is 0 Å². The summed E-state index contributed by atoms with van der Waals surface area (Å²) in [5, 5.41) is 27.8. The van der Waals surface area contributed by atoms with Gasteiger partial charge in [0.1, 0.15) is 5.71 Å². The molecule has 0 saturated heterocycles. The smallest absolute Gasteiger partial charge is 0.364 e. The number of nitrogens with zero attached hydrogens (tertiary/aromatic N) is 5. The van der Waals surface area contributed by atoms with Gasteiger partial charge < -0.3 is 15.2 Å². The molecule has 0 spiro atoms. The number of aliphatic hydroxyl groups is 1. The number of aryl methyl sites for hydroxylation is 1. The minimum Gasteiger partial charge on any atom is -0.364 e. The van der Waals surface area contributed by atoms with Gasteiger partial charge in [-0.3, -0.25) is 4.79 Å². The van der Waals surface area contributed by atoms with Gasteiger partial charge in [0.25, 0.3) is 18.8 Å². The van der Waals surface area contributed by atoms with Crippen LogP contribution in [0.15, 0.2) is 35.4 Å².